The Morgan fingerprint density at radius 2 is 2.29 bits per heavy atom. The summed E-state index contributed by atoms with van der Waals surface area (Å²) < 4.78 is 0. The summed E-state index contributed by atoms with van der Waals surface area (Å²) >= 11 is 0. The van der Waals surface area contributed by atoms with Gasteiger partial charge in [-0.25, -0.2) is 4.98 Å². The summed E-state index contributed by atoms with van der Waals surface area (Å²) in [5.74, 6) is 1.89. The number of rotatable bonds is 2. The van der Waals surface area contributed by atoms with E-state index >= 15 is 0 Å². The molecule has 76 valence electrons. The van der Waals surface area contributed by atoms with Gasteiger partial charge in [0.15, 0.2) is 0 Å². The zero-order valence-corrected chi connectivity index (χ0v) is 8.74. The van der Waals surface area contributed by atoms with Gasteiger partial charge in [-0.05, 0) is 30.9 Å². The van der Waals surface area contributed by atoms with Gasteiger partial charge in [0, 0.05) is 12.2 Å². The summed E-state index contributed by atoms with van der Waals surface area (Å²) in [6, 6.07) is 6.66. The Morgan fingerprint density at radius 3 is 3.00 bits per heavy atom. The highest BCUT2D eigenvalue weighted by Crippen LogP contribution is 2.25. The van der Waals surface area contributed by atoms with E-state index in [0.717, 1.165) is 11.7 Å². The number of hydrogen-bond donors (Lipinski definition) is 1. The minimum absolute atomic E-state index is 0.633. The van der Waals surface area contributed by atoms with Crippen LogP contribution in [0.5, 0.6) is 0 Å². The van der Waals surface area contributed by atoms with Crippen molar-refractivity contribution in [3.63, 3.8) is 0 Å². The molecular weight excluding hydrogens is 172 g/mol. The Morgan fingerprint density at radius 1 is 1.36 bits per heavy atom. The van der Waals surface area contributed by atoms with E-state index in [1.807, 2.05) is 24.4 Å². The van der Waals surface area contributed by atoms with Crippen LogP contribution < -0.4 is 5.32 Å². The Balaban J connectivity index is 1.91. The van der Waals surface area contributed by atoms with Gasteiger partial charge in [-0.15, -0.1) is 0 Å². The molecule has 2 heteroatoms. The second-order valence-corrected chi connectivity index (χ2v) is 4.33. The van der Waals surface area contributed by atoms with Crippen LogP contribution in [0.15, 0.2) is 24.4 Å². The van der Waals surface area contributed by atoms with E-state index in [-0.39, 0.29) is 0 Å². The molecule has 1 heterocycles. The van der Waals surface area contributed by atoms with Crippen LogP contribution in [-0.2, 0) is 0 Å². The predicted molar refractivity (Wildman–Crippen MR) is 59.3 cm³/mol. The fourth-order valence-corrected chi connectivity index (χ4v) is 2.22. The third-order valence-electron chi connectivity index (χ3n) is 2.95. The topological polar surface area (TPSA) is 24.9 Å². The van der Waals surface area contributed by atoms with Gasteiger partial charge < -0.3 is 5.32 Å². The van der Waals surface area contributed by atoms with Crippen molar-refractivity contribution in [1.29, 1.82) is 0 Å². The minimum Gasteiger partial charge on any atom is -0.367 e. The van der Waals surface area contributed by atoms with E-state index in [1.54, 1.807) is 0 Å². The maximum absolute atomic E-state index is 4.29. The van der Waals surface area contributed by atoms with Crippen LogP contribution in [0.25, 0.3) is 0 Å². The first-order valence-electron chi connectivity index (χ1n) is 5.52. The molecule has 1 saturated carbocycles. The van der Waals surface area contributed by atoms with E-state index in [1.165, 1.54) is 25.7 Å². The Labute approximate surface area is 85.7 Å². The predicted octanol–water partition coefficient (Wildman–Crippen LogP) is 3.07. The van der Waals surface area contributed by atoms with E-state index in [0.29, 0.717) is 6.04 Å². The van der Waals surface area contributed by atoms with Crippen LogP contribution in [0.4, 0.5) is 5.82 Å². The molecule has 2 atom stereocenters. The monoisotopic (exact) mass is 190 g/mol. The first kappa shape index (κ1) is 9.50. The molecule has 0 bridgehead atoms. The van der Waals surface area contributed by atoms with Gasteiger partial charge in [0.2, 0.25) is 0 Å². The van der Waals surface area contributed by atoms with Gasteiger partial charge in [-0.3, -0.25) is 0 Å². The van der Waals surface area contributed by atoms with E-state index in [9.17, 15) is 0 Å². The number of nitrogens with zero attached hydrogens (tertiary/aromatic N) is 1. The zero-order valence-electron chi connectivity index (χ0n) is 8.74. The number of anilines is 1. The Bertz CT molecular complexity index is 271. The number of nitrogens with one attached hydrogen (secondary N) is 1. The lowest BCUT2D eigenvalue weighted by atomic mass is 9.87. The second-order valence-electron chi connectivity index (χ2n) is 4.33. The van der Waals surface area contributed by atoms with Gasteiger partial charge in [0.1, 0.15) is 5.82 Å². The highest BCUT2D eigenvalue weighted by molar-refractivity contribution is 5.34. The molecule has 1 fully saturated rings. The summed E-state index contributed by atoms with van der Waals surface area (Å²) in [6.45, 7) is 2.34. The molecule has 0 unspecified atom stereocenters. The smallest absolute Gasteiger partial charge is 0.126 e. The Hall–Kier alpha value is -1.05. The quantitative estimate of drug-likeness (QED) is 0.775. The molecule has 14 heavy (non-hydrogen) atoms. The SMILES string of the molecule is C[C@H]1CCC[C@H](Nc2ccccn2)C1. The molecule has 1 aromatic heterocycles. The molecule has 1 aromatic rings. The number of hydrogen-bond acceptors (Lipinski definition) is 2. The molecule has 2 rings (SSSR count). The maximum Gasteiger partial charge on any atom is 0.126 e. The minimum atomic E-state index is 0.633. The van der Waals surface area contributed by atoms with Crippen molar-refractivity contribution in [2.45, 2.75) is 38.6 Å². The van der Waals surface area contributed by atoms with Crippen LogP contribution in [-0.4, -0.2) is 11.0 Å². The average Bonchev–Trinajstić information content (AvgIpc) is 2.19. The van der Waals surface area contributed by atoms with E-state index in [4.69, 9.17) is 0 Å². The first-order valence-corrected chi connectivity index (χ1v) is 5.52. The second kappa shape index (κ2) is 4.45. The van der Waals surface area contributed by atoms with Crippen molar-refractivity contribution in [2.75, 3.05) is 5.32 Å². The fourth-order valence-electron chi connectivity index (χ4n) is 2.22. The lowest BCUT2D eigenvalue weighted by Gasteiger charge is -2.27. The van der Waals surface area contributed by atoms with Crippen molar-refractivity contribution in [3.05, 3.63) is 24.4 Å². The normalized spacial score (nSPS) is 27.2. The number of pyridine rings is 1. The van der Waals surface area contributed by atoms with Crippen LogP contribution in [0.1, 0.15) is 32.6 Å². The fraction of sp³-hybridized carbons (Fsp3) is 0.583. The van der Waals surface area contributed by atoms with Gasteiger partial charge in [-0.2, -0.15) is 0 Å². The van der Waals surface area contributed by atoms with Gasteiger partial charge in [-0.1, -0.05) is 25.8 Å². The third-order valence-corrected chi connectivity index (χ3v) is 2.95. The molecule has 0 saturated heterocycles. The van der Waals surface area contributed by atoms with Crippen molar-refractivity contribution < 1.29 is 0 Å². The molecule has 1 N–H and O–H groups in total. The summed E-state index contributed by atoms with van der Waals surface area (Å²) in [6.07, 6.45) is 7.16. The van der Waals surface area contributed by atoms with E-state index < -0.39 is 0 Å². The standard InChI is InChI=1S/C12H18N2/c1-10-5-4-6-11(9-10)14-12-7-2-3-8-13-12/h2-3,7-8,10-11H,4-6,9H2,1H3,(H,13,14)/t10-,11-/m0/s1. The van der Waals surface area contributed by atoms with Gasteiger partial charge >= 0.3 is 0 Å². The molecule has 0 amide bonds. The number of aromatic nitrogens is 1. The summed E-state index contributed by atoms with van der Waals surface area (Å²) in [7, 11) is 0. The molecule has 0 spiro atoms. The van der Waals surface area contributed by atoms with Crippen LogP contribution in [0, 0.1) is 5.92 Å². The molecule has 2 nitrogen and oxygen atoms in total. The molecule has 0 aliphatic heterocycles. The molecule has 0 aromatic carbocycles. The lowest BCUT2D eigenvalue weighted by molar-refractivity contribution is 0.358. The van der Waals surface area contributed by atoms with Crippen molar-refractivity contribution >= 4 is 5.82 Å². The van der Waals surface area contributed by atoms with E-state index in [2.05, 4.69) is 17.2 Å². The summed E-state index contributed by atoms with van der Waals surface area (Å²) in [4.78, 5) is 4.29. The molecular formula is C12H18N2. The Kier molecular flexibility index (Phi) is 3.02. The van der Waals surface area contributed by atoms with Crippen LogP contribution in [0.2, 0.25) is 0 Å². The highest BCUT2D eigenvalue weighted by Gasteiger charge is 2.18. The third kappa shape index (κ3) is 2.47. The highest BCUT2D eigenvalue weighted by atomic mass is 15.0. The molecule has 0 radical (unpaired) electrons. The van der Waals surface area contributed by atoms with Crippen LogP contribution in [0.3, 0.4) is 0 Å². The molecule has 1 aliphatic rings. The largest absolute Gasteiger partial charge is 0.367 e. The summed E-state index contributed by atoms with van der Waals surface area (Å²) in [5, 5.41) is 3.50. The van der Waals surface area contributed by atoms with Crippen molar-refractivity contribution in [3.8, 4) is 0 Å². The zero-order chi connectivity index (χ0) is 9.80. The lowest BCUT2D eigenvalue weighted by Crippen LogP contribution is -2.26. The van der Waals surface area contributed by atoms with Gasteiger partial charge in [0.05, 0.1) is 0 Å². The van der Waals surface area contributed by atoms with Crippen molar-refractivity contribution in [2.24, 2.45) is 5.92 Å². The average molecular weight is 190 g/mol. The molecule has 1 aliphatic carbocycles. The van der Waals surface area contributed by atoms with Gasteiger partial charge in [0.25, 0.3) is 0 Å². The first-order chi connectivity index (χ1) is 6.84. The summed E-state index contributed by atoms with van der Waals surface area (Å²) in [5.41, 5.74) is 0. The van der Waals surface area contributed by atoms with Crippen LogP contribution >= 0.6 is 0 Å². The maximum atomic E-state index is 4.29. The van der Waals surface area contributed by atoms with Crippen molar-refractivity contribution in [1.82, 2.24) is 4.98 Å².